The molecule has 1 N–H and O–H groups in total. The molecule has 1 atom stereocenters. The van der Waals surface area contributed by atoms with E-state index in [1.807, 2.05) is 0 Å². The standard InChI is InChI=1S/C16H22F2N2O3/c1-16(2,3)23-15(21)20-9-8-19-12(10-20)11-6-4-5-7-13(11)22-14(17)18/h4-7,12,14,19H,8-10H2,1-3H3. The molecule has 1 saturated heterocycles. The molecule has 23 heavy (non-hydrogen) atoms. The lowest BCUT2D eigenvalue weighted by atomic mass is 10.0. The minimum Gasteiger partial charge on any atom is -0.444 e. The zero-order chi connectivity index (χ0) is 17.0. The minimum absolute atomic E-state index is 0.117. The number of carbonyl (C=O) groups is 1. The average molecular weight is 328 g/mol. The van der Waals surface area contributed by atoms with Gasteiger partial charge in [-0.1, -0.05) is 18.2 Å². The number of nitrogens with one attached hydrogen (secondary N) is 1. The van der Waals surface area contributed by atoms with Gasteiger partial charge in [-0.15, -0.1) is 0 Å². The van der Waals surface area contributed by atoms with Crippen molar-refractivity contribution >= 4 is 6.09 Å². The Bertz CT molecular complexity index is 546. The number of alkyl halides is 2. The normalized spacial score (nSPS) is 18.9. The summed E-state index contributed by atoms with van der Waals surface area (Å²) in [5, 5.41) is 3.22. The van der Waals surface area contributed by atoms with Gasteiger partial charge in [-0.2, -0.15) is 8.78 Å². The lowest BCUT2D eigenvalue weighted by molar-refractivity contribution is -0.0510. The predicted octanol–water partition coefficient (Wildman–Crippen LogP) is 3.17. The van der Waals surface area contributed by atoms with Crippen LogP contribution in [0, 0.1) is 0 Å². The monoisotopic (exact) mass is 328 g/mol. The number of benzene rings is 1. The molecule has 5 nitrogen and oxygen atoms in total. The van der Waals surface area contributed by atoms with E-state index in [9.17, 15) is 13.6 Å². The molecule has 7 heteroatoms. The van der Waals surface area contributed by atoms with Crippen molar-refractivity contribution in [3.8, 4) is 5.75 Å². The second kappa shape index (κ2) is 7.12. The van der Waals surface area contributed by atoms with Gasteiger partial charge >= 0.3 is 12.7 Å². The number of rotatable bonds is 3. The highest BCUT2D eigenvalue weighted by atomic mass is 19.3. The van der Waals surface area contributed by atoms with Crippen LogP contribution in [-0.4, -0.2) is 42.8 Å². The molecule has 0 bridgehead atoms. The van der Waals surface area contributed by atoms with Crippen molar-refractivity contribution in [2.75, 3.05) is 19.6 Å². The third-order valence-electron chi connectivity index (χ3n) is 3.34. The van der Waals surface area contributed by atoms with Crippen LogP contribution < -0.4 is 10.1 Å². The predicted molar refractivity (Wildman–Crippen MR) is 81.6 cm³/mol. The SMILES string of the molecule is CC(C)(C)OC(=O)N1CCNC(c2ccccc2OC(F)F)C1. The molecule has 0 spiro atoms. The molecule has 1 amide bonds. The largest absolute Gasteiger partial charge is 0.444 e. The van der Waals surface area contributed by atoms with Crippen LogP contribution in [0.5, 0.6) is 5.75 Å². The first kappa shape index (κ1) is 17.5. The maximum absolute atomic E-state index is 12.5. The molecule has 0 aromatic heterocycles. The summed E-state index contributed by atoms with van der Waals surface area (Å²) in [6.45, 7) is 3.90. The fourth-order valence-electron chi connectivity index (χ4n) is 2.42. The Morgan fingerprint density at radius 1 is 1.35 bits per heavy atom. The second-order valence-electron chi connectivity index (χ2n) is 6.35. The van der Waals surface area contributed by atoms with E-state index in [1.54, 1.807) is 43.9 Å². The lowest BCUT2D eigenvalue weighted by Gasteiger charge is -2.35. The Kier molecular flexibility index (Phi) is 5.41. The smallest absolute Gasteiger partial charge is 0.410 e. The molecule has 0 saturated carbocycles. The molecular formula is C16H22F2N2O3. The van der Waals surface area contributed by atoms with Crippen LogP contribution in [0.1, 0.15) is 32.4 Å². The van der Waals surface area contributed by atoms with Gasteiger partial charge in [-0.25, -0.2) is 4.79 Å². The number of para-hydroxylation sites is 1. The van der Waals surface area contributed by atoms with Crippen LogP contribution in [-0.2, 0) is 4.74 Å². The Morgan fingerprint density at radius 3 is 2.70 bits per heavy atom. The molecule has 1 heterocycles. The Hall–Kier alpha value is -1.89. The number of nitrogens with zero attached hydrogens (tertiary/aromatic N) is 1. The molecule has 128 valence electrons. The molecule has 1 unspecified atom stereocenters. The van der Waals surface area contributed by atoms with E-state index in [0.717, 1.165) is 0 Å². The summed E-state index contributed by atoms with van der Waals surface area (Å²) < 4.78 is 35.0. The van der Waals surface area contributed by atoms with Crippen molar-refractivity contribution in [3.63, 3.8) is 0 Å². The molecule has 1 aliphatic heterocycles. The quantitative estimate of drug-likeness (QED) is 0.926. The second-order valence-corrected chi connectivity index (χ2v) is 6.35. The van der Waals surface area contributed by atoms with Crippen LogP contribution in [0.3, 0.4) is 0 Å². The Balaban J connectivity index is 2.11. The zero-order valence-corrected chi connectivity index (χ0v) is 13.5. The topological polar surface area (TPSA) is 50.8 Å². The fourth-order valence-corrected chi connectivity index (χ4v) is 2.42. The molecule has 0 radical (unpaired) electrons. The zero-order valence-electron chi connectivity index (χ0n) is 13.5. The number of hydrogen-bond acceptors (Lipinski definition) is 4. The molecule has 2 rings (SSSR count). The number of ether oxygens (including phenoxy) is 2. The van der Waals surface area contributed by atoms with Gasteiger partial charge in [-0.05, 0) is 26.8 Å². The van der Waals surface area contributed by atoms with Gasteiger partial charge in [0.2, 0.25) is 0 Å². The van der Waals surface area contributed by atoms with Crippen LogP contribution in [0.2, 0.25) is 0 Å². The third-order valence-corrected chi connectivity index (χ3v) is 3.34. The van der Waals surface area contributed by atoms with Crippen LogP contribution in [0.15, 0.2) is 24.3 Å². The minimum atomic E-state index is -2.89. The van der Waals surface area contributed by atoms with Gasteiger partial charge in [0.1, 0.15) is 11.4 Å². The van der Waals surface area contributed by atoms with Gasteiger partial charge in [0.25, 0.3) is 0 Å². The van der Waals surface area contributed by atoms with E-state index in [1.165, 1.54) is 6.07 Å². The summed E-state index contributed by atoms with van der Waals surface area (Å²) in [5.74, 6) is 0.117. The van der Waals surface area contributed by atoms with Crippen molar-refractivity contribution in [2.24, 2.45) is 0 Å². The first-order chi connectivity index (χ1) is 10.8. The van der Waals surface area contributed by atoms with Gasteiger partial charge in [-0.3, -0.25) is 0 Å². The van der Waals surface area contributed by atoms with Crippen LogP contribution in [0.4, 0.5) is 13.6 Å². The molecule has 1 aliphatic rings. The lowest BCUT2D eigenvalue weighted by Crippen LogP contribution is -2.49. The first-order valence-corrected chi connectivity index (χ1v) is 7.51. The summed E-state index contributed by atoms with van der Waals surface area (Å²) in [6, 6.07) is 6.31. The molecule has 1 fully saturated rings. The number of carbonyl (C=O) groups excluding carboxylic acids is 1. The van der Waals surface area contributed by atoms with Crippen molar-refractivity contribution in [3.05, 3.63) is 29.8 Å². The maximum atomic E-state index is 12.5. The highest BCUT2D eigenvalue weighted by molar-refractivity contribution is 5.68. The molecule has 0 aliphatic carbocycles. The molecule has 1 aromatic rings. The van der Waals surface area contributed by atoms with E-state index in [0.29, 0.717) is 25.2 Å². The summed E-state index contributed by atoms with van der Waals surface area (Å²) >= 11 is 0. The van der Waals surface area contributed by atoms with Crippen LogP contribution in [0.25, 0.3) is 0 Å². The van der Waals surface area contributed by atoms with E-state index < -0.39 is 18.3 Å². The van der Waals surface area contributed by atoms with Gasteiger partial charge in [0.15, 0.2) is 0 Å². The number of halogens is 2. The number of piperazine rings is 1. The summed E-state index contributed by atoms with van der Waals surface area (Å²) in [4.78, 5) is 13.8. The first-order valence-electron chi connectivity index (χ1n) is 7.51. The Labute approximate surface area is 134 Å². The third kappa shape index (κ3) is 5.06. The summed E-state index contributed by atoms with van der Waals surface area (Å²) in [5.41, 5.74) is 0.0230. The van der Waals surface area contributed by atoms with Crippen molar-refractivity contribution < 1.29 is 23.0 Å². The van der Waals surface area contributed by atoms with Gasteiger partial charge in [0, 0.05) is 25.2 Å². The van der Waals surface area contributed by atoms with Gasteiger partial charge < -0.3 is 19.7 Å². The highest BCUT2D eigenvalue weighted by Gasteiger charge is 2.29. The van der Waals surface area contributed by atoms with E-state index in [4.69, 9.17) is 4.74 Å². The molecule has 1 aromatic carbocycles. The van der Waals surface area contributed by atoms with E-state index >= 15 is 0 Å². The number of hydrogen-bond donors (Lipinski definition) is 1. The van der Waals surface area contributed by atoms with Crippen molar-refractivity contribution in [1.29, 1.82) is 0 Å². The Morgan fingerprint density at radius 2 is 2.04 bits per heavy atom. The van der Waals surface area contributed by atoms with Crippen LogP contribution >= 0.6 is 0 Å². The maximum Gasteiger partial charge on any atom is 0.410 e. The average Bonchev–Trinajstić information content (AvgIpc) is 2.45. The van der Waals surface area contributed by atoms with E-state index in [-0.39, 0.29) is 11.8 Å². The van der Waals surface area contributed by atoms with Gasteiger partial charge in [0.05, 0.1) is 6.04 Å². The summed E-state index contributed by atoms with van der Waals surface area (Å²) in [6.07, 6.45) is -0.406. The van der Waals surface area contributed by atoms with E-state index in [2.05, 4.69) is 10.1 Å². The van der Waals surface area contributed by atoms with Crippen molar-refractivity contribution in [1.82, 2.24) is 10.2 Å². The molecular weight excluding hydrogens is 306 g/mol. The summed E-state index contributed by atoms with van der Waals surface area (Å²) in [7, 11) is 0. The highest BCUT2D eigenvalue weighted by Crippen LogP contribution is 2.28. The number of amides is 1. The van der Waals surface area contributed by atoms with Crippen molar-refractivity contribution in [2.45, 2.75) is 39.0 Å². The fraction of sp³-hybridized carbons (Fsp3) is 0.562.